The topological polar surface area (TPSA) is 101 Å². The van der Waals surface area contributed by atoms with Gasteiger partial charge in [0.15, 0.2) is 5.65 Å². The Morgan fingerprint density at radius 3 is 2.72 bits per heavy atom. The highest BCUT2D eigenvalue weighted by Crippen LogP contribution is 2.28. The molecule has 0 spiro atoms. The molecule has 3 aromatic heterocycles. The minimum Gasteiger partial charge on any atom is -0.326 e. The van der Waals surface area contributed by atoms with E-state index in [1.165, 1.54) is 30.2 Å². The molecule has 0 aliphatic heterocycles. The first-order valence-electron chi connectivity index (χ1n) is 9.78. The first kappa shape index (κ1) is 21.5. The molecule has 0 atom stereocenters. The standard InChI is InChI=1S/C22H20FN7OS/c1-13-14(2)30(10-15-4-6-16(23)7-5-15)21(17(13)8-24)28-19(31)11-32-22-18-9-27-29(3)20(18)25-12-26-22/h4-7,9,12H,10-11H2,1-3H3,(H,28,31). The number of carbonyl (C=O) groups is 1. The summed E-state index contributed by atoms with van der Waals surface area (Å²) in [5.74, 6) is -0.0392. The molecule has 1 amide bonds. The van der Waals surface area contributed by atoms with E-state index in [1.54, 1.807) is 30.1 Å². The van der Waals surface area contributed by atoms with Crippen LogP contribution in [0.25, 0.3) is 11.0 Å². The van der Waals surface area contributed by atoms with Gasteiger partial charge < -0.3 is 9.88 Å². The minimum atomic E-state index is -0.315. The number of nitrogens with zero attached hydrogens (tertiary/aromatic N) is 6. The molecular formula is C22H20FN7OS. The van der Waals surface area contributed by atoms with Crippen LogP contribution in [0.3, 0.4) is 0 Å². The van der Waals surface area contributed by atoms with Gasteiger partial charge in [-0.1, -0.05) is 23.9 Å². The van der Waals surface area contributed by atoms with Crippen molar-refractivity contribution in [3.8, 4) is 6.07 Å². The second kappa shape index (κ2) is 8.80. The van der Waals surface area contributed by atoms with E-state index in [1.807, 2.05) is 18.4 Å². The number of aryl methyl sites for hydroxylation is 1. The van der Waals surface area contributed by atoms with Crippen molar-refractivity contribution >= 4 is 34.5 Å². The minimum absolute atomic E-state index is 0.103. The van der Waals surface area contributed by atoms with Crippen molar-refractivity contribution in [2.45, 2.75) is 25.4 Å². The number of benzene rings is 1. The Morgan fingerprint density at radius 2 is 2.00 bits per heavy atom. The summed E-state index contributed by atoms with van der Waals surface area (Å²) in [4.78, 5) is 21.3. The SMILES string of the molecule is Cc1c(C#N)c(NC(=O)CSc2ncnc3c2cnn3C)n(Cc2ccc(F)cc2)c1C. The molecule has 1 aromatic carbocycles. The molecule has 8 nitrogen and oxygen atoms in total. The number of thioether (sulfide) groups is 1. The molecule has 0 bridgehead atoms. The van der Waals surface area contributed by atoms with E-state index in [0.29, 0.717) is 28.6 Å². The summed E-state index contributed by atoms with van der Waals surface area (Å²) in [7, 11) is 1.79. The molecule has 4 rings (SSSR count). The van der Waals surface area contributed by atoms with Crippen molar-refractivity contribution in [1.82, 2.24) is 24.3 Å². The van der Waals surface area contributed by atoms with E-state index in [2.05, 4.69) is 26.5 Å². The zero-order valence-electron chi connectivity index (χ0n) is 17.8. The number of rotatable bonds is 6. The maximum Gasteiger partial charge on any atom is 0.235 e. The molecule has 0 aliphatic rings. The number of aromatic nitrogens is 5. The third-order valence-corrected chi connectivity index (χ3v) is 6.29. The number of anilines is 1. The number of nitrogens with one attached hydrogen (secondary N) is 1. The van der Waals surface area contributed by atoms with Gasteiger partial charge in [-0.2, -0.15) is 10.4 Å². The van der Waals surface area contributed by atoms with E-state index < -0.39 is 0 Å². The van der Waals surface area contributed by atoms with Crippen LogP contribution in [-0.4, -0.2) is 36.0 Å². The van der Waals surface area contributed by atoms with Gasteiger partial charge >= 0.3 is 0 Å². The molecule has 0 aliphatic carbocycles. The molecule has 0 fully saturated rings. The summed E-state index contributed by atoms with van der Waals surface area (Å²) in [6.45, 7) is 4.14. The molecule has 32 heavy (non-hydrogen) atoms. The lowest BCUT2D eigenvalue weighted by Gasteiger charge is -2.13. The predicted molar refractivity (Wildman–Crippen MR) is 120 cm³/mol. The summed E-state index contributed by atoms with van der Waals surface area (Å²) < 4.78 is 16.8. The van der Waals surface area contributed by atoms with Crippen LogP contribution in [0.1, 0.15) is 22.4 Å². The molecule has 4 aromatic rings. The Bertz CT molecular complexity index is 1350. The maximum absolute atomic E-state index is 13.3. The number of hydrogen-bond acceptors (Lipinski definition) is 6. The lowest BCUT2D eigenvalue weighted by atomic mass is 10.2. The molecule has 0 radical (unpaired) electrons. The Hall–Kier alpha value is -3.71. The Morgan fingerprint density at radius 1 is 1.25 bits per heavy atom. The van der Waals surface area contributed by atoms with Gasteiger partial charge in [0.2, 0.25) is 5.91 Å². The van der Waals surface area contributed by atoms with Gasteiger partial charge in [0, 0.05) is 19.3 Å². The van der Waals surface area contributed by atoms with Crippen molar-refractivity contribution in [2.24, 2.45) is 7.05 Å². The first-order valence-corrected chi connectivity index (χ1v) is 10.8. The van der Waals surface area contributed by atoms with Gasteiger partial charge in [-0.15, -0.1) is 0 Å². The number of fused-ring (bicyclic) bond motifs is 1. The van der Waals surface area contributed by atoms with E-state index in [-0.39, 0.29) is 17.5 Å². The Balaban J connectivity index is 1.56. The van der Waals surface area contributed by atoms with Crippen LogP contribution in [0, 0.1) is 31.0 Å². The van der Waals surface area contributed by atoms with E-state index in [0.717, 1.165) is 22.2 Å². The first-order chi connectivity index (χ1) is 15.4. The summed E-state index contributed by atoms with van der Waals surface area (Å²) in [5, 5.41) is 18.2. The maximum atomic E-state index is 13.3. The van der Waals surface area contributed by atoms with Gasteiger partial charge in [-0.3, -0.25) is 9.48 Å². The van der Waals surface area contributed by atoms with Gasteiger partial charge in [0.25, 0.3) is 0 Å². The zero-order chi connectivity index (χ0) is 22.8. The normalized spacial score (nSPS) is 11.0. The summed E-state index contributed by atoms with van der Waals surface area (Å²) in [6.07, 6.45) is 3.11. The van der Waals surface area contributed by atoms with Crippen molar-refractivity contribution in [1.29, 1.82) is 5.26 Å². The highest BCUT2D eigenvalue weighted by atomic mass is 32.2. The predicted octanol–water partition coefficient (Wildman–Crippen LogP) is 3.57. The van der Waals surface area contributed by atoms with E-state index >= 15 is 0 Å². The highest BCUT2D eigenvalue weighted by Gasteiger charge is 2.20. The molecule has 0 saturated carbocycles. The van der Waals surface area contributed by atoms with Crippen molar-refractivity contribution in [3.63, 3.8) is 0 Å². The second-order valence-corrected chi connectivity index (χ2v) is 8.24. The van der Waals surface area contributed by atoms with Crippen LogP contribution < -0.4 is 5.32 Å². The number of nitriles is 1. The summed E-state index contributed by atoms with van der Waals surface area (Å²) >= 11 is 1.28. The largest absolute Gasteiger partial charge is 0.326 e. The number of amides is 1. The molecule has 1 N–H and O–H groups in total. The van der Waals surface area contributed by atoms with E-state index in [9.17, 15) is 14.4 Å². The fraction of sp³-hybridized carbons (Fsp3) is 0.227. The third-order valence-electron chi connectivity index (χ3n) is 5.29. The molecule has 162 valence electrons. The fourth-order valence-electron chi connectivity index (χ4n) is 3.46. The zero-order valence-corrected chi connectivity index (χ0v) is 18.6. The van der Waals surface area contributed by atoms with E-state index in [4.69, 9.17) is 0 Å². The van der Waals surface area contributed by atoms with Gasteiger partial charge in [-0.25, -0.2) is 14.4 Å². The van der Waals surface area contributed by atoms with Crippen LogP contribution in [0.15, 0.2) is 41.8 Å². The van der Waals surface area contributed by atoms with Crippen LogP contribution in [0.4, 0.5) is 10.2 Å². The number of hydrogen-bond donors (Lipinski definition) is 1. The Kier molecular flexibility index (Phi) is 5.92. The van der Waals surface area contributed by atoms with Crippen molar-refractivity contribution in [3.05, 3.63) is 65.0 Å². The molecular weight excluding hydrogens is 429 g/mol. The molecule has 3 heterocycles. The Labute approximate surface area is 188 Å². The van der Waals surface area contributed by atoms with Gasteiger partial charge in [-0.05, 0) is 37.1 Å². The summed E-state index contributed by atoms with van der Waals surface area (Å²) in [5.41, 5.74) is 3.62. The third kappa shape index (κ3) is 4.07. The smallest absolute Gasteiger partial charge is 0.235 e. The van der Waals surface area contributed by atoms with Crippen LogP contribution in [0.5, 0.6) is 0 Å². The quantitative estimate of drug-likeness (QED) is 0.357. The van der Waals surface area contributed by atoms with Crippen molar-refractivity contribution < 1.29 is 9.18 Å². The lowest BCUT2D eigenvalue weighted by molar-refractivity contribution is -0.113. The van der Waals surface area contributed by atoms with Gasteiger partial charge in [0.05, 0.1) is 22.9 Å². The average molecular weight is 450 g/mol. The lowest BCUT2D eigenvalue weighted by Crippen LogP contribution is -2.18. The molecule has 0 unspecified atom stereocenters. The second-order valence-electron chi connectivity index (χ2n) is 7.28. The average Bonchev–Trinajstić information content (AvgIpc) is 3.27. The summed E-state index contributed by atoms with van der Waals surface area (Å²) in [6, 6.07) is 8.35. The fourth-order valence-corrected chi connectivity index (χ4v) is 4.22. The van der Waals surface area contributed by atoms with Crippen LogP contribution >= 0.6 is 11.8 Å². The monoisotopic (exact) mass is 449 g/mol. The van der Waals surface area contributed by atoms with Gasteiger partial charge in [0.1, 0.15) is 29.1 Å². The van der Waals surface area contributed by atoms with Crippen LogP contribution in [0.2, 0.25) is 0 Å². The number of halogens is 1. The van der Waals surface area contributed by atoms with Crippen LogP contribution in [-0.2, 0) is 18.4 Å². The molecule has 10 heteroatoms. The highest BCUT2D eigenvalue weighted by molar-refractivity contribution is 8.00. The molecule has 0 saturated heterocycles. The number of carbonyl (C=O) groups excluding carboxylic acids is 1. The van der Waals surface area contributed by atoms with Crippen molar-refractivity contribution in [2.75, 3.05) is 11.1 Å².